The van der Waals surface area contributed by atoms with Crippen molar-refractivity contribution in [2.24, 2.45) is 4.99 Å². The SMILES string of the molecule is CC(=O)NC=Nc1ccc(N)cc1. The third-order valence-corrected chi connectivity index (χ3v) is 1.37. The molecule has 4 nitrogen and oxygen atoms in total. The molecule has 0 bridgehead atoms. The quantitative estimate of drug-likeness (QED) is 0.403. The first kappa shape index (κ1) is 9.25. The van der Waals surface area contributed by atoms with E-state index in [1.807, 2.05) is 0 Å². The van der Waals surface area contributed by atoms with Gasteiger partial charge in [-0.25, -0.2) is 4.99 Å². The van der Waals surface area contributed by atoms with Crippen molar-refractivity contribution in [1.29, 1.82) is 0 Å². The van der Waals surface area contributed by atoms with Crippen molar-refractivity contribution in [3.63, 3.8) is 0 Å². The van der Waals surface area contributed by atoms with E-state index in [4.69, 9.17) is 5.73 Å². The van der Waals surface area contributed by atoms with Crippen LogP contribution in [0.25, 0.3) is 0 Å². The monoisotopic (exact) mass is 177 g/mol. The van der Waals surface area contributed by atoms with E-state index in [0.29, 0.717) is 5.69 Å². The minimum absolute atomic E-state index is 0.140. The topological polar surface area (TPSA) is 67.5 Å². The molecule has 1 aromatic rings. The molecule has 0 atom stereocenters. The Morgan fingerprint density at radius 3 is 2.62 bits per heavy atom. The van der Waals surface area contributed by atoms with Crippen molar-refractivity contribution in [1.82, 2.24) is 5.32 Å². The van der Waals surface area contributed by atoms with Crippen LogP contribution < -0.4 is 11.1 Å². The van der Waals surface area contributed by atoms with Gasteiger partial charge in [-0.15, -0.1) is 0 Å². The summed E-state index contributed by atoms with van der Waals surface area (Å²) < 4.78 is 0. The lowest BCUT2D eigenvalue weighted by Crippen LogP contribution is -2.16. The van der Waals surface area contributed by atoms with Gasteiger partial charge in [-0.1, -0.05) is 0 Å². The van der Waals surface area contributed by atoms with Gasteiger partial charge in [0, 0.05) is 12.6 Å². The second-order valence-corrected chi connectivity index (χ2v) is 2.55. The molecule has 0 fully saturated rings. The average molecular weight is 177 g/mol. The highest BCUT2D eigenvalue weighted by Crippen LogP contribution is 2.12. The first-order valence-corrected chi connectivity index (χ1v) is 3.83. The first-order chi connectivity index (χ1) is 6.18. The van der Waals surface area contributed by atoms with Gasteiger partial charge in [0.25, 0.3) is 0 Å². The van der Waals surface area contributed by atoms with Crippen LogP contribution in [0.2, 0.25) is 0 Å². The molecule has 0 aliphatic carbocycles. The summed E-state index contributed by atoms with van der Waals surface area (Å²) in [5, 5.41) is 2.45. The fourth-order valence-electron chi connectivity index (χ4n) is 0.758. The molecular weight excluding hydrogens is 166 g/mol. The molecule has 0 spiro atoms. The number of hydrogen-bond donors (Lipinski definition) is 2. The number of hydrogen-bond acceptors (Lipinski definition) is 3. The molecule has 4 heteroatoms. The van der Waals surface area contributed by atoms with Gasteiger partial charge in [0.1, 0.15) is 0 Å². The van der Waals surface area contributed by atoms with E-state index >= 15 is 0 Å². The Hall–Kier alpha value is -1.84. The van der Waals surface area contributed by atoms with Gasteiger partial charge in [0.15, 0.2) is 0 Å². The van der Waals surface area contributed by atoms with Crippen LogP contribution in [0.1, 0.15) is 6.92 Å². The summed E-state index contributed by atoms with van der Waals surface area (Å²) in [5.41, 5.74) is 6.93. The number of rotatable bonds is 2. The van der Waals surface area contributed by atoms with E-state index in [9.17, 15) is 4.79 Å². The van der Waals surface area contributed by atoms with Crippen LogP contribution in [-0.4, -0.2) is 12.2 Å². The number of amides is 1. The lowest BCUT2D eigenvalue weighted by molar-refractivity contribution is -0.117. The van der Waals surface area contributed by atoms with Crippen molar-refractivity contribution in [3.05, 3.63) is 24.3 Å². The van der Waals surface area contributed by atoms with E-state index in [-0.39, 0.29) is 5.91 Å². The fourth-order valence-corrected chi connectivity index (χ4v) is 0.758. The minimum atomic E-state index is -0.140. The Balaban J connectivity index is 2.59. The molecule has 0 aliphatic heterocycles. The highest BCUT2D eigenvalue weighted by molar-refractivity contribution is 5.86. The zero-order chi connectivity index (χ0) is 9.68. The molecule has 1 rings (SSSR count). The van der Waals surface area contributed by atoms with Crippen molar-refractivity contribution in [3.8, 4) is 0 Å². The number of nitrogens with zero attached hydrogens (tertiary/aromatic N) is 1. The third kappa shape index (κ3) is 3.37. The van der Waals surface area contributed by atoms with Crippen LogP contribution in [0.4, 0.5) is 11.4 Å². The molecular formula is C9H11N3O. The van der Waals surface area contributed by atoms with Crippen LogP contribution in [0.15, 0.2) is 29.3 Å². The number of nitrogens with one attached hydrogen (secondary N) is 1. The predicted molar refractivity (Wildman–Crippen MR) is 52.8 cm³/mol. The summed E-state index contributed by atoms with van der Waals surface area (Å²) in [6.07, 6.45) is 1.36. The molecule has 1 aromatic carbocycles. The van der Waals surface area contributed by atoms with E-state index in [2.05, 4.69) is 10.3 Å². The van der Waals surface area contributed by atoms with Gasteiger partial charge in [-0.2, -0.15) is 0 Å². The van der Waals surface area contributed by atoms with Crippen LogP contribution in [-0.2, 0) is 4.79 Å². The van der Waals surface area contributed by atoms with Gasteiger partial charge in [-0.3, -0.25) is 4.79 Å². The summed E-state index contributed by atoms with van der Waals surface area (Å²) >= 11 is 0. The summed E-state index contributed by atoms with van der Waals surface area (Å²) in [7, 11) is 0. The lowest BCUT2D eigenvalue weighted by atomic mass is 10.3. The predicted octanol–water partition coefficient (Wildman–Crippen LogP) is 1.06. The van der Waals surface area contributed by atoms with E-state index in [0.717, 1.165) is 5.69 Å². The first-order valence-electron chi connectivity index (χ1n) is 3.83. The molecule has 0 saturated heterocycles. The standard InChI is InChI=1S/C9H11N3O/c1-7(13)11-6-12-9-4-2-8(10)3-5-9/h2-6H,10H2,1H3,(H,11,12,13). The number of benzene rings is 1. The van der Waals surface area contributed by atoms with Gasteiger partial charge < -0.3 is 11.1 Å². The van der Waals surface area contributed by atoms with Crippen molar-refractivity contribution < 1.29 is 4.79 Å². The molecule has 0 radical (unpaired) electrons. The second kappa shape index (κ2) is 4.25. The summed E-state index contributed by atoms with van der Waals surface area (Å²) in [5.74, 6) is -0.140. The zero-order valence-corrected chi connectivity index (χ0v) is 7.32. The van der Waals surface area contributed by atoms with Gasteiger partial charge in [0.05, 0.1) is 12.0 Å². The number of carbonyl (C=O) groups is 1. The maximum atomic E-state index is 10.5. The highest BCUT2D eigenvalue weighted by atomic mass is 16.1. The molecule has 3 N–H and O–H groups in total. The molecule has 0 saturated carbocycles. The van der Waals surface area contributed by atoms with Crippen LogP contribution in [0, 0.1) is 0 Å². The zero-order valence-electron chi connectivity index (χ0n) is 7.32. The van der Waals surface area contributed by atoms with E-state index in [1.54, 1.807) is 24.3 Å². The van der Waals surface area contributed by atoms with Gasteiger partial charge in [0.2, 0.25) is 5.91 Å². The molecule has 0 aliphatic rings. The number of anilines is 1. The summed E-state index contributed by atoms with van der Waals surface area (Å²) in [4.78, 5) is 14.4. The molecule has 68 valence electrons. The Morgan fingerprint density at radius 1 is 1.46 bits per heavy atom. The maximum absolute atomic E-state index is 10.5. The maximum Gasteiger partial charge on any atom is 0.221 e. The number of nitrogens with two attached hydrogens (primary N) is 1. The summed E-state index contributed by atoms with van der Waals surface area (Å²) in [6, 6.07) is 7.04. The Morgan fingerprint density at radius 2 is 2.08 bits per heavy atom. The Bertz CT molecular complexity index is 316. The largest absolute Gasteiger partial charge is 0.399 e. The number of carbonyl (C=O) groups excluding carboxylic acids is 1. The van der Waals surface area contributed by atoms with E-state index in [1.165, 1.54) is 13.3 Å². The minimum Gasteiger partial charge on any atom is -0.399 e. The Kier molecular flexibility index (Phi) is 3.03. The van der Waals surface area contributed by atoms with Crippen molar-refractivity contribution in [2.45, 2.75) is 6.92 Å². The lowest BCUT2D eigenvalue weighted by Gasteiger charge is -1.94. The van der Waals surface area contributed by atoms with Crippen LogP contribution in [0.3, 0.4) is 0 Å². The van der Waals surface area contributed by atoms with Crippen molar-refractivity contribution >= 4 is 23.6 Å². The fraction of sp³-hybridized carbons (Fsp3) is 0.111. The molecule has 0 aromatic heterocycles. The van der Waals surface area contributed by atoms with Gasteiger partial charge in [-0.05, 0) is 24.3 Å². The van der Waals surface area contributed by atoms with E-state index < -0.39 is 0 Å². The summed E-state index contributed by atoms with van der Waals surface area (Å²) in [6.45, 7) is 1.43. The smallest absolute Gasteiger partial charge is 0.221 e. The Labute approximate surface area is 76.5 Å². The molecule has 0 unspecified atom stereocenters. The molecule has 13 heavy (non-hydrogen) atoms. The third-order valence-electron chi connectivity index (χ3n) is 1.37. The van der Waals surface area contributed by atoms with Crippen molar-refractivity contribution in [2.75, 3.05) is 5.73 Å². The molecule has 0 heterocycles. The van der Waals surface area contributed by atoms with Crippen LogP contribution >= 0.6 is 0 Å². The second-order valence-electron chi connectivity index (χ2n) is 2.55. The number of nitrogen functional groups attached to an aromatic ring is 1. The van der Waals surface area contributed by atoms with Gasteiger partial charge >= 0.3 is 0 Å². The average Bonchev–Trinajstić information content (AvgIpc) is 2.08. The number of aliphatic imine (C=N–C) groups is 1. The normalized spacial score (nSPS) is 10.2. The molecule has 1 amide bonds. The van der Waals surface area contributed by atoms with Crippen LogP contribution in [0.5, 0.6) is 0 Å². The highest BCUT2D eigenvalue weighted by Gasteiger charge is 1.87.